The number of amides is 1. The number of carbonyl (C=O) groups excluding carboxylic acids is 1. The molecule has 0 aliphatic heterocycles. The van der Waals surface area contributed by atoms with Crippen LogP contribution in [0, 0.1) is 0 Å². The Bertz CT molecular complexity index is 624. The molecule has 5 heteroatoms. The van der Waals surface area contributed by atoms with Crippen molar-refractivity contribution in [3.8, 4) is 11.5 Å². The first-order valence-corrected chi connectivity index (χ1v) is 6.89. The van der Waals surface area contributed by atoms with E-state index in [0.29, 0.717) is 17.1 Å². The van der Waals surface area contributed by atoms with Crippen molar-refractivity contribution in [2.75, 3.05) is 0 Å². The molecule has 0 fully saturated rings. The largest absolute Gasteiger partial charge is 0.457 e. The molecule has 0 saturated carbocycles. The van der Waals surface area contributed by atoms with E-state index in [4.69, 9.17) is 16.2 Å². The third kappa shape index (κ3) is 3.37. The number of hydrogen-bond donors (Lipinski definition) is 2. The lowest BCUT2D eigenvalue weighted by Gasteiger charge is -2.11. The van der Waals surface area contributed by atoms with Gasteiger partial charge in [0.1, 0.15) is 11.5 Å². The second-order valence-electron chi connectivity index (χ2n) is 4.46. The van der Waals surface area contributed by atoms with Gasteiger partial charge in [-0.1, -0.05) is 22.0 Å². The Labute approximate surface area is 125 Å². The summed E-state index contributed by atoms with van der Waals surface area (Å²) in [5, 5.41) is 0. The van der Waals surface area contributed by atoms with Gasteiger partial charge in [-0.15, -0.1) is 0 Å². The van der Waals surface area contributed by atoms with E-state index in [2.05, 4.69) is 15.9 Å². The second-order valence-corrected chi connectivity index (χ2v) is 5.32. The summed E-state index contributed by atoms with van der Waals surface area (Å²) in [7, 11) is 0. The Morgan fingerprint density at radius 3 is 2.25 bits per heavy atom. The molecule has 2 rings (SSSR count). The lowest BCUT2D eigenvalue weighted by Crippen LogP contribution is -2.10. The molecule has 0 aromatic heterocycles. The van der Waals surface area contributed by atoms with Crippen LogP contribution in [0.4, 0.5) is 0 Å². The third-order valence-electron chi connectivity index (χ3n) is 2.84. The van der Waals surface area contributed by atoms with Crippen molar-refractivity contribution in [1.29, 1.82) is 0 Å². The highest BCUT2D eigenvalue weighted by molar-refractivity contribution is 9.10. The zero-order valence-electron chi connectivity index (χ0n) is 11.0. The summed E-state index contributed by atoms with van der Waals surface area (Å²) in [6, 6.07) is 12.2. The number of rotatable bonds is 4. The van der Waals surface area contributed by atoms with Gasteiger partial charge in [0.15, 0.2) is 0 Å². The second kappa shape index (κ2) is 6.07. The lowest BCUT2D eigenvalue weighted by atomic mass is 10.1. The molecule has 104 valence electrons. The Balaban J connectivity index is 2.17. The zero-order valence-corrected chi connectivity index (χ0v) is 12.6. The van der Waals surface area contributed by atoms with E-state index >= 15 is 0 Å². The van der Waals surface area contributed by atoms with Crippen LogP contribution in [0.2, 0.25) is 0 Å². The number of benzene rings is 2. The number of ether oxygens (including phenoxy) is 1. The average Bonchev–Trinajstić information content (AvgIpc) is 2.39. The fourth-order valence-electron chi connectivity index (χ4n) is 1.76. The molecule has 0 radical (unpaired) electrons. The van der Waals surface area contributed by atoms with Crippen LogP contribution in [-0.2, 0) is 0 Å². The summed E-state index contributed by atoms with van der Waals surface area (Å²) in [5.41, 5.74) is 12.5. The van der Waals surface area contributed by atoms with Crippen LogP contribution in [0.25, 0.3) is 0 Å². The maximum Gasteiger partial charge on any atom is 0.248 e. The topological polar surface area (TPSA) is 78.3 Å². The smallest absolute Gasteiger partial charge is 0.248 e. The van der Waals surface area contributed by atoms with Crippen LogP contribution in [0.15, 0.2) is 46.9 Å². The molecule has 0 spiro atoms. The van der Waals surface area contributed by atoms with E-state index in [9.17, 15) is 4.79 Å². The van der Waals surface area contributed by atoms with E-state index in [1.54, 1.807) is 24.3 Å². The van der Waals surface area contributed by atoms with Crippen molar-refractivity contribution in [3.05, 3.63) is 58.1 Å². The lowest BCUT2D eigenvalue weighted by molar-refractivity contribution is 0.100. The number of carbonyl (C=O) groups is 1. The fraction of sp³-hybridized carbons (Fsp3) is 0.133. The highest BCUT2D eigenvalue weighted by atomic mass is 79.9. The summed E-state index contributed by atoms with van der Waals surface area (Å²) in [6.45, 7) is 1.92. The fourth-order valence-corrected chi connectivity index (χ4v) is 2.48. The number of hydrogen-bond acceptors (Lipinski definition) is 3. The van der Waals surface area contributed by atoms with Gasteiger partial charge in [0.25, 0.3) is 0 Å². The summed E-state index contributed by atoms with van der Waals surface area (Å²) in [5.74, 6) is 0.865. The van der Waals surface area contributed by atoms with Crippen LogP contribution in [0.3, 0.4) is 0 Å². The molecule has 0 bridgehead atoms. The number of nitrogens with two attached hydrogens (primary N) is 2. The Morgan fingerprint density at radius 2 is 1.75 bits per heavy atom. The predicted molar refractivity (Wildman–Crippen MR) is 81.8 cm³/mol. The minimum absolute atomic E-state index is 0.0479. The van der Waals surface area contributed by atoms with Crippen molar-refractivity contribution in [2.24, 2.45) is 11.5 Å². The van der Waals surface area contributed by atoms with Crippen LogP contribution >= 0.6 is 15.9 Å². The number of primary amides is 1. The maximum absolute atomic E-state index is 11.0. The zero-order chi connectivity index (χ0) is 14.7. The van der Waals surface area contributed by atoms with Crippen LogP contribution in [-0.4, -0.2) is 5.91 Å². The summed E-state index contributed by atoms with van der Waals surface area (Å²) in [6.07, 6.45) is 0. The minimum Gasteiger partial charge on any atom is -0.457 e. The van der Waals surface area contributed by atoms with Gasteiger partial charge in [-0.25, -0.2) is 0 Å². The van der Waals surface area contributed by atoms with Crippen molar-refractivity contribution >= 4 is 21.8 Å². The Morgan fingerprint density at radius 1 is 1.15 bits per heavy atom. The molecule has 4 nitrogen and oxygen atoms in total. The third-order valence-corrected chi connectivity index (χ3v) is 3.52. The SMILES string of the molecule is CC(N)c1ccc(Oc2ccc(C(N)=O)cc2)cc1Br. The highest BCUT2D eigenvalue weighted by Crippen LogP contribution is 2.29. The predicted octanol–water partition coefficient (Wildman–Crippen LogP) is 3.36. The maximum atomic E-state index is 11.0. The molecular formula is C15H15BrN2O2. The molecule has 0 saturated heterocycles. The van der Waals surface area contributed by atoms with Gasteiger partial charge in [0.05, 0.1) is 0 Å². The van der Waals surface area contributed by atoms with E-state index in [0.717, 1.165) is 10.0 Å². The molecule has 4 N–H and O–H groups in total. The standard InChI is InChI=1S/C15H15BrN2O2/c1-9(17)13-7-6-12(8-14(13)16)20-11-4-2-10(3-5-11)15(18)19/h2-9H,17H2,1H3,(H2,18,19). The van der Waals surface area contributed by atoms with Gasteiger partial charge in [-0.2, -0.15) is 0 Å². The van der Waals surface area contributed by atoms with E-state index in [1.807, 2.05) is 25.1 Å². The first kappa shape index (κ1) is 14.6. The first-order chi connectivity index (χ1) is 9.47. The normalized spacial score (nSPS) is 11.9. The highest BCUT2D eigenvalue weighted by Gasteiger charge is 2.07. The quantitative estimate of drug-likeness (QED) is 0.899. The van der Waals surface area contributed by atoms with E-state index in [-0.39, 0.29) is 6.04 Å². The molecule has 2 aromatic carbocycles. The molecule has 0 heterocycles. The van der Waals surface area contributed by atoms with Gasteiger partial charge < -0.3 is 16.2 Å². The molecule has 20 heavy (non-hydrogen) atoms. The number of halogens is 1. The van der Waals surface area contributed by atoms with Gasteiger partial charge >= 0.3 is 0 Å². The van der Waals surface area contributed by atoms with Gasteiger partial charge in [-0.3, -0.25) is 4.79 Å². The molecule has 0 aliphatic rings. The Kier molecular flexibility index (Phi) is 4.42. The van der Waals surface area contributed by atoms with Crippen LogP contribution < -0.4 is 16.2 Å². The average molecular weight is 335 g/mol. The first-order valence-electron chi connectivity index (χ1n) is 6.10. The molecular weight excluding hydrogens is 320 g/mol. The summed E-state index contributed by atoms with van der Waals surface area (Å²) in [4.78, 5) is 11.0. The molecule has 1 unspecified atom stereocenters. The van der Waals surface area contributed by atoms with Gasteiger partial charge in [0.2, 0.25) is 5.91 Å². The van der Waals surface area contributed by atoms with Gasteiger partial charge in [0, 0.05) is 16.1 Å². The van der Waals surface area contributed by atoms with Gasteiger partial charge in [-0.05, 0) is 48.9 Å². The molecule has 0 aliphatic carbocycles. The van der Waals surface area contributed by atoms with Crippen molar-refractivity contribution in [2.45, 2.75) is 13.0 Å². The van der Waals surface area contributed by atoms with Crippen LogP contribution in [0.1, 0.15) is 28.9 Å². The molecule has 1 atom stereocenters. The summed E-state index contributed by atoms with van der Waals surface area (Å²) < 4.78 is 6.61. The van der Waals surface area contributed by atoms with Crippen LogP contribution in [0.5, 0.6) is 11.5 Å². The van der Waals surface area contributed by atoms with E-state index < -0.39 is 5.91 Å². The molecule has 2 aromatic rings. The van der Waals surface area contributed by atoms with E-state index in [1.165, 1.54) is 0 Å². The molecule has 1 amide bonds. The summed E-state index contributed by atoms with van der Waals surface area (Å²) >= 11 is 3.47. The Hall–Kier alpha value is -1.85. The van der Waals surface area contributed by atoms with Crippen molar-refractivity contribution in [1.82, 2.24) is 0 Å². The minimum atomic E-state index is -0.458. The van der Waals surface area contributed by atoms with Crippen molar-refractivity contribution in [3.63, 3.8) is 0 Å². The van der Waals surface area contributed by atoms with Crippen molar-refractivity contribution < 1.29 is 9.53 Å². The monoisotopic (exact) mass is 334 g/mol.